The summed E-state index contributed by atoms with van der Waals surface area (Å²) in [7, 11) is 0. The Labute approximate surface area is 103 Å². The van der Waals surface area contributed by atoms with Crippen molar-refractivity contribution in [2.24, 2.45) is 11.3 Å². The van der Waals surface area contributed by atoms with E-state index in [0.29, 0.717) is 11.5 Å². The zero-order chi connectivity index (χ0) is 12.2. The molecule has 0 aromatic heterocycles. The Hall–Kier alpha value is -0.0400. The van der Waals surface area contributed by atoms with Crippen LogP contribution in [0, 0.1) is 11.3 Å². The predicted molar refractivity (Wildman–Crippen MR) is 72.7 cm³/mol. The van der Waals surface area contributed by atoms with Crippen molar-refractivity contribution in [3.05, 3.63) is 0 Å². The minimum Gasteiger partial charge on any atom is -0.300 e. The summed E-state index contributed by atoms with van der Waals surface area (Å²) >= 11 is 0. The molecule has 96 valence electrons. The second-order valence-corrected chi connectivity index (χ2v) is 6.28. The lowest BCUT2D eigenvalue weighted by molar-refractivity contribution is 0.00727. The molecule has 0 aromatic carbocycles. The zero-order valence-corrected chi connectivity index (χ0v) is 12.1. The molecule has 0 amide bonds. The number of hydrogen-bond donors (Lipinski definition) is 0. The van der Waals surface area contributed by atoms with Crippen molar-refractivity contribution >= 4 is 0 Å². The average molecular weight is 225 g/mol. The van der Waals surface area contributed by atoms with E-state index in [1.165, 1.54) is 45.2 Å². The first-order chi connectivity index (χ1) is 7.53. The van der Waals surface area contributed by atoms with Crippen molar-refractivity contribution < 1.29 is 0 Å². The summed E-state index contributed by atoms with van der Waals surface area (Å²) in [6.07, 6.45) is 6.96. The lowest BCUT2D eigenvalue weighted by Crippen LogP contribution is -2.47. The Balaban J connectivity index is 2.46. The van der Waals surface area contributed by atoms with Crippen LogP contribution in [-0.4, -0.2) is 24.0 Å². The van der Waals surface area contributed by atoms with Gasteiger partial charge in [-0.1, -0.05) is 27.2 Å². The van der Waals surface area contributed by atoms with Crippen LogP contribution in [0.3, 0.4) is 0 Å². The quantitative estimate of drug-likeness (QED) is 0.623. The van der Waals surface area contributed by atoms with E-state index in [2.05, 4.69) is 39.5 Å². The highest BCUT2D eigenvalue weighted by atomic mass is 15.2. The fourth-order valence-electron chi connectivity index (χ4n) is 3.26. The van der Waals surface area contributed by atoms with Crippen LogP contribution in [0.25, 0.3) is 0 Å². The highest BCUT2D eigenvalue weighted by Gasteiger charge is 2.41. The fourth-order valence-corrected chi connectivity index (χ4v) is 3.26. The van der Waals surface area contributed by atoms with Gasteiger partial charge in [0.1, 0.15) is 0 Å². The maximum atomic E-state index is 2.71. The van der Waals surface area contributed by atoms with Crippen LogP contribution in [0.4, 0.5) is 0 Å². The Morgan fingerprint density at radius 2 is 1.88 bits per heavy atom. The minimum absolute atomic E-state index is 0.664. The molecule has 0 unspecified atom stereocenters. The Morgan fingerprint density at radius 3 is 2.25 bits per heavy atom. The lowest BCUT2D eigenvalue weighted by atomic mass is 9.61. The highest BCUT2D eigenvalue weighted by molar-refractivity contribution is 4.93. The van der Waals surface area contributed by atoms with E-state index in [4.69, 9.17) is 0 Å². The van der Waals surface area contributed by atoms with Gasteiger partial charge in [0, 0.05) is 12.6 Å². The maximum Gasteiger partial charge on any atom is 0.00408 e. The Kier molecular flexibility index (Phi) is 5.30. The van der Waals surface area contributed by atoms with Gasteiger partial charge >= 0.3 is 0 Å². The van der Waals surface area contributed by atoms with Crippen LogP contribution in [0.2, 0.25) is 0 Å². The SMILES string of the molecule is CCCCN(CC1(CC)CC(C)C1)C(C)C. The van der Waals surface area contributed by atoms with E-state index in [-0.39, 0.29) is 0 Å². The van der Waals surface area contributed by atoms with Gasteiger partial charge in [-0.2, -0.15) is 0 Å². The molecule has 1 aliphatic rings. The fraction of sp³-hybridized carbons (Fsp3) is 1.00. The zero-order valence-electron chi connectivity index (χ0n) is 12.1. The van der Waals surface area contributed by atoms with Crippen molar-refractivity contribution in [1.29, 1.82) is 0 Å². The summed E-state index contributed by atoms with van der Waals surface area (Å²) in [5, 5.41) is 0. The molecule has 0 radical (unpaired) electrons. The third kappa shape index (κ3) is 3.48. The molecular formula is C15H31N. The average Bonchev–Trinajstić information content (AvgIpc) is 2.20. The van der Waals surface area contributed by atoms with E-state index in [9.17, 15) is 0 Å². The van der Waals surface area contributed by atoms with Gasteiger partial charge in [-0.25, -0.2) is 0 Å². The molecule has 1 heteroatoms. The summed E-state index contributed by atoms with van der Waals surface area (Å²) in [4.78, 5) is 2.71. The van der Waals surface area contributed by atoms with Gasteiger partial charge in [-0.05, 0) is 57.4 Å². The minimum atomic E-state index is 0.664. The van der Waals surface area contributed by atoms with Gasteiger partial charge in [-0.3, -0.25) is 0 Å². The summed E-state index contributed by atoms with van der Waals surface area (Å²) in [6, 6.07) is 0.714. The molecule has 1 rings (SSSR count). The number of unbranched alkanes of at least 4 members (excludes halogenated alkanes) is 1. The molecule has 0 bridgehead atoms. The van der Waals surface area contributed by atoms with Crippen LogP contribution >= 0.6 is 0 Å². The molecule has 0 heterocycles. The molecule has 0 saturated heterocycles. The van der Waals surface area contributed by atoms with E-state index in [0.717, 1.165) is 5.92 Å². The van der Waals surface area contributed by atoms with E-state index < -0.39 is 0 Å². The standard InChI is InChI=1S/C15H31N/c1-6-8-9-16(13(3)4)12-15(7-2)10-14(5)11-15/h13-14H,6-12H2,1-5H3. The smallest absolute Gasteiger partial charge is 0.00408 e. The number of hydrogen-bond acceptors (Lipinski definition) is 1. The summed E-state index contributed by atoms with van der Waals surface area (Å²) in [6.45, 7) is 14.4. The monoisotopic (exact) mass is 225 g/mol. The molecule has 1 nitrogen and oxygen atoms in total. The van der Waals surface area contributed by atoms with Gasteiger partial charge in [0.25, 0.3) is 0 Å². The van der Waals surface area contributed by atoms with E-state index in [1.54, 1.807) is 0 Å². The first-order valence-electron chi connectivity index (χ1n) is 7.27. The largest absolute Gasteiger partial charge is 0.300 e. The number of nitrogens with zero attached hydrogens (tertiary/aromatic N) is 1. The van der Waals surface area contributed by atoms with Crippen LogP contribution < -0.4 is 0 Å². The van der Waals surface area contributed by atoms with Crippen LogP contribution in [0.1, 0.15) is 66.7 Å². The predicted octanol–water partition coefficient (Wildman–Crippen LogP) is 4.32. The van der Waals surface area contributed by atoms with E-state index >= 15 is 0 Å². The second-order valence-electron chi connectivity index (χ2n) is 6.28. The van der Waals surface area contributed by atoms with Gasteiger partial charge in [0.2, 0.25) is 0 Å². The third-order valence-electron chi connectivity index (χ3n) is 4.38. The molecular weight excluding hydrogens is 194 g/mol. The first-order valence-corrected chi connectivity index (χ1v) is 7.27. The molecule has 0 aliphatic heterocycles. The van der Waals surface area contributed by atoms with Crippen molar-refractivity contribution in [1.82, 2.24) is 4.90 Å². The molecule has 0 aromatic rings. The molecule has 0 N–H and O–H groups in total. The molecule has 0 atom stereocenters. The van der Waals surface area contributed by atoms with Crippen molar-refractivity contribution in [2.45, 2.75) is 72.8 Å². The Bertz CT molecular complexity index is 192. The van der Waals surface area contributed by atoms with Gasteiger partial charge in [-0.15, -0.1) is 0 Å². The first kappa shape index (κ1) is 14.0. The second kappa shape index (κ2) is 6.05. The molecule has 1 fully saturated rings. The number of rotatable bonds is 7. The molecule has 1 aliphatic carbocycles. The summed E-state index contributed by atoms with van der Waals surface area (Å²) in [5.74, 6) is 0.972. The highest BCUT2D eigenvalue weighted by Crippen LogP contribution is 2.48. The lowest BCUT2D eigenvalue weighted by Gasteiger charge is -2.49. The van der Waals surface area contributed by atoms with Crippen LogP contribution in [-0.2, 0) is 0 Å². The molecule has 0 spiro atoms. The van der Waals surface area contributed by atoms with Gasteiger partial charge in [0.15, 0.2) is 0 Å². The summed E-state index contributed by atoms with van der Waals surface area (Å²) in [5.41, 5.74) is 0.664. The summed E-state index contributed by atoms with van der Waals surface area (Å²) < 4.78 is 0. The maximum absolute atomic E-state index is 2.71. The topological polar surface area (TPSA) is 3.24 Å². The van der Waals surface area contributed by atoms with Crippen molar-refractivity contribution in [3.63, 3.8) is 0 Å². The molecule has 16 heavy (non-hydrogen) atoms. The van der Waals surface area contributed by atoms with E-state index in [1.807, 2.05) is 0 Å². The van der Waals surface area contributed by atoms with Crippen molar-refractivity contribution in [2.75, 3.05) is 13.1 Å². The van der Waals surface area contributed by atoms with Crippen LogP contribution in [0.15, 0.2) is 0 Å². The van der Waals surface area contributed by atoms with Crippen molar-refractivity contribution in [3.8, 4) is 0 Å². The van der Waals surface area contributed by atoms with Crippen LogP contribution in [0.5, 0.6) is 0 Å². The molecule has 1 saturated carbocycles. The van der Waals surface area contributed by atoms with Gasteiger partial charge < -0.3 is 4.90 Å². The Morgan fingerprint density at radius 1 is 1.25 bits per heavy atom. The third-order valence-corrected chi connectivity index (χ3v) is 4.38. The van der Waals surface area contributed by atoms with Gasteiger partial charge in [0.05, 0.1) is 0 Å². The normalized spacial score (nSPS) is 29.8.